The number of carbonyl (C=O) groups is 4. The van der Waals surface area contributed by atoms with E-state index in [4.69, 9.17) is 19.4 Å². The molecule has 4 amide bonds. The molecule has 4 atom stereocenters. The second-order valence-corrected chi connectivity index (χ2v) is 16.8. The number of ether oxygens (including phenoxy) is 2. The molecule has 0 spiro atoms. The van der Waals surface area contributed by atoms with Crippen molar-refractivity contribution < 1.29 is 28.7 Å². The van der Waals surface area contributed by atoms with Crippen molar-refractivity contribution in [3.8, 4) is 22.5 Å². The van der Waals surface area contributed by atoms with Crippen LogP contribution in [-0.4, -0.2) is 107 Å². The van der Waals surface area contributed by atoms with Gasteiger partial charge in [0.15, 0.2) is 0 Å². The molecule has 3 aliphatic rings. The first-order chi connectivity index (χ1) is 28.8. The number of alkyl carbamates (subject to hydrolysis) is 2. The summed E-state index contributed by atoms with van der Waals surface area (Å²) >= 11 is 0. The highest BCUT2D eigenvalue weighted by atomic mass is 16.5. The zero-order valence-electron chi connectivity index (χ0n) is 35.9. The summed E-state index contributed by atoms with van der Waals surface area (Å²) in [6.07, 6.45) is 5.75. The van der Waals surface area contributed by atoms with Crippen molar-refractivity contribution >= 4 is 35.4 Å². The van der Waals surface area contributed by atoms with Gasteiger partial charge < -0.3 is 49.7 Å². The SMILES string of the molecule is COC(=O)N[C@H](C(=O)N1CCCC1c1ncc(-c2ccc3c(c2)CN(C)c2ccc(-c4c[nH]c([C@@H]5CCCN5C(=O)[C@@H](NC(=O)OC)C(C)C)n4)cc2CN3C)[nH]1)C(C)C. The van der Waals surface area contributed by atoms with E-state index in [0.717, 1.165) is 71.2 Å². The number of benzene rings is 2. The maximum Gasteiger partial charge on any atom is 0.407 e. The lowest BCUT2D eigenvalue weighted by molar-refractivity contribution is -0.136. The number of rotatable bonds is 10. The number of methoxy groups -OCH3 is 2. The fraction of sp³-hybridized carbons (Fsp3) is 0.500. The van der Waals surface area contributed by atoms with Crippen LogP contribution in [0, 0.1) is 11.8 Å². The van der Waals surface area contributed by atoms with E-state index in [1.807, 2.05) is 49.9 Å². The van der Waals surface area contributed by atoms with Gasteiger partial charge in [-0.3, -0.25) is 9.59 Å². The first kappa shape index (κ1) is 42.1. The first-order valence-corrected chi connectivity index (χ1v) is 20.9. The van der Waals surface area contributed by atoms with Gasteiger partial charge in [0, 0.05) is 69.0 Å². The number of H-pyrrole nitrogens is 2. The lowest BCUT2D eigenvalue weighted by Gasteiger charge is -2.32. The van der Waals surface area contributed by atoms with E-state index < -0.39 is 24.3 Å². The Morgan fingerprint density at radius 1 is 0.733 bits per heavy atom. The smallest absolute Gasteiger partial charge is 0.407 e. The number of amides is 4. The fourth-order valence-electron chi connectivity index (χ4n) is 8.87. The molecule has 2 aromatic carbocycles. The number of nitrogens with one attached hydrogen (secondary N) is 4. The number of hydrogen-bond donors (Lipinski definition) is 4. The van der Waals surface area contributed by atoms with Crippen LogP contribution in [0.3, 0.4) is 0 Å². The van der Waals surface area contributed by atoms with Gasteiger partial charge in [-0.2, -0.15) is 0 Å². The van der Waals surface area contributed by atoms with Gasteiger partial charge in [0.2, 0.25) is 11.8 Å². The van der Waals surface area contributed by atoms with Crippen LogP contribution in [0.1, 0.15) is 88.2 Å². The molecule has 3 aliphatic heterocycles. The molecule has 0 bridgehead atoms. The fourth-order valence-corrected chi connectivity index (χ4v) is 8.87. The van der Waals surface area contributed by atoms with Crippen LogP contribution in [0.2, 0.25) is 0 Å². The van der Waals surface area contributed by atoms with Crippen molar-refractivity contribution in [2.24, 2.45) is 11.8 Å². The maximum atomic E-state index is 13.7. The summed E-state index contributed by atoms with van der Waals surface area (Å²) in [4.78, 5) is 76.3. The minimum Gasteiger partial charge on any atom is -0.453 e. The zero-order valence-corrected chi connectivity index (χ0v) is 35.9. The third-order valence-electron chi connectivity index (χ3n) is 12.1. The molecule has 1 unspecified atom stereocenters. The molecule has 2 fully saturated rings. The van der Waals surface area contributed by atoms with Gasteiger partial charge >= 0.3 is 12.2 Å². The van der Waals surface area contributed by atoms with Gasteiger partial charge in [0.05, 0.1) is 43.9 Å². The molecule has 320 valence electrons. The molecule has 4 N–H and O–H groups in total. The maximum absolute atomic E-state index is 13.7. The summed E-state index contributed by atoms with van der Waals surface area (Å²) in [6.45, 7) is 10.2. The van der Waals surface area contributed by atoms with Gasteiger partial charge in [-0.15, -0.1) is 0 Å². The number of fused-ring (bicyclic) bond motifs is 2. The van der Waals surface area contributed by atoms with E-state index in [0.29, 0.717) is 26.2 Å². The standard InChI is InChI=1S/C44H58N10O6/c1-25(2)37(49-43(57)59-7)41(55)53-17-9-11-35(53)39-45-21-31(47-39)27-13-15-33-29(19-27)23-51(5)34-16-14-28(20-30(34)24-52(33)6)32-22-46-40(48-32)36-12-10-18-54(36)42(56)38(26(3)4)50-44(58)60-8/h13-16,19-22,25-26,35-38H,9-12,17-18,23-24H2,1-8H3,(H,45,47)(H,46,48)(H,49,57)(H,50,58)/t35-,36?,37-,38-/m0/s1. The Morgan fingerprint density at radius 3 is 1.75 bits per heavy atom. The highest BCUT2D eigenvalue weighted by molar-refractivity contribution is 5.87. The number of anilines is 2. The van der Waals surface area contributed by atoms with Crippen LogP contribution in [0.4, 0.5) is 21.0 Å². The Morgan fingerprint density at radius 2 is 1.23 bits per heavy atom. The van der Waals surface area contributed by atoms with Crippen LogP contribution in [0.25, 0.3) is 22.5 Å². The van der Waals surface area contributed by atoms with Gasteiger partial charge in [-0.05, 0) is 72.9 Å². The largest absolute Gasteiger partial charge is 0.453 e. The summed E-state index contributed by atoms with van der Waals surface area (Å²) < 4.78 is 9.58. The molecule has 0 radical (unpaired) electrons. The highest BCUT2D eigenvalue weighted by Gasteiger charge is 2.39. The molecule has 5 heterocycles. The zero-order chi connectivity index (χ0) is 42.8. The molecular formula is C44H58N10O6. The monoisotopic (exact) mass is 822 g/mol. The predicted molar refractivity (Wildman–Crippen MR) is 228 cm³/mol. The van der Waals surface area contributed by atoms with E-state index in [-0.39, 0.29) is 35.7 Å². The summed E-state index contributed by atoms with van der Waals surface area (Å²) in [7, 11) is 6.81. The summed E-state index contributed by atoms with van der Waals surface area (Å²) in [6, 6.07) is 11.1. The van der Waals surface area contributed by atoms with Crippen LogP contribution in [0.5, 0.6) is 0 Å². The number of aromatic nitrogens is 4. The molecule has 2 aromatic heterocycles. The van der Waals surface area contributed by atoms with Crippen molar-refractivity contribution in [2.75, 3.05) is 51.2 Å². The van der Waals surface area contributed by atoms with Crippen molar-refractivity contribution in [1.29, 1.82) is 0 Å². The average molecular weight is 823 g/mol. The topological polar surface area (TPSA) is 181 Å². The molecule has 7 rings (SSSR count). The van der Waals surface area contributed by atoms with Crippen LogP contribution in [0.15, 0.2) is 48.8 Å². The Hall–Kier alpha value is -6.06. The van der Waals surface area contributed by atoms with E-state index in [1.165, 1.54) is 25.3 Å². The summed E-state index contributed by atoms with van der Waals surface area (Å²) in [5, 5.41) is 5.43. The van der Waals surface area contributed by atoms with Gasteiger partial charge in [-0.25, -0.2) is 19.6 Å². The van der Waals surface area contributed by atoms with Crippen LogP contribution in [-0.2, 0) is 32.2 Å². The summed E-state index contributed by atoms with van der Waals surface area (Å²) in [5.74, 6) is 0.962. The normalized spacial score (nSPS) is 18.8. The molecule has 16 heteroatoms. The molecule has 16 nitrogen and oxygen atoms in total. The van der Waals surface area contributed by atoms with Crippen LogP contribution < -0.4 is 20.4 Å². The molecule has 0 aliphatic carbocycles. The molecular weight excluding hydrogens is 765 g/mol. The molecule has 60 heavy (non-hydrogen) atoms. The lowest BCUT2D eigenvalue weighted by atomic mass is 10.00. The quantitative estimate of drug-likeness (QED) is 0.145. The number of hydrogen-bond acceptors (Lipinski definition) is 10. The number of carbonyl (C=O) groups excluding carboxylic acids is 4. The second kappa shape index (κ2) is 17.7. The van der Waals surface area contributed by atoms with Gasteiger partial charge in [0.1, 0.15) is 23.7 Å². The second-order valence-electron chi connectivity index (χ2n) is 16.8. The third-order valence-corrected chi connectivity index (χ3v) is 12.1. The Balaban J connectivity index is 1.06. The van der Waals surface area contributed by atoms with Crippen LogP contribution >= 0.6 is 0 Å². The van der Waals surface area contributed by atoms with Crippen molar-refractivity contribution in [3.63, 3.8) is 0 Å². The van der Waals surface area contributed by atoms with Crippen molar-refractivity contribution in [1.82, 2.24) is 40.4 Å². The van der Waals surface area contributed by atoms with E-state index in [1.54, 1.807) is 0 Å². The number of aromatic amines is 2. The minimum absolute atomic E-state index is 0.111. The Labute approximate surface area is 351 Å². The minimum atomic E-state index is -0.695. The van der Waals surface area contributed by atoms with E-state index in [2.05, 4.69) is 80.9 Å². The molecule has 4 aromatic rings. The van der Waals surface area contributed by atoms with E-state index in [9.17, 15) is 19.2 Å². The van der Waals surface area contributed by atoms with Crippen molar-refractivity contribution in [2.45, 2.75) is 90.6 Å². The van der Waals surface area contributed by atoms with Gasteiger partial charge in [0.25, 0.3) is 0 Å². The number of imidazole rings is 2. The third kappa shape index (κ3) is 8.50. The Bertz CT molecular complexity index is 2060. The lowest BCUT2D eigenvalue weighted by Crippen LogP contribution is -2.51. The number of nitrogens with zero attached hydrogens (tertiary/aromatic N) is 6. The first-order valence-electron chi connectivity index (χ1n) is 20.9. The highest BCUT2D eigenvalue weighted by Crippen LogP contribution is 2.38. The van der Waals surface area contributed by atoms with Crippen molar-refractivity contribution in [3.05, 3.63) is 71.6 Å². The summed E-state index contributed by atoms with van der Waals surface area (Å²) in [5.41, 5.74) is 8.25. The van der Waals surface area contributed by atoms with Gasteiger partial charge in [-0.1, -0.05) is 39.8 Å². The van der Waals surface area contributed by atoms with E-state index >= 15 is 0 Å². The average Bonchev–Trinajstić information content (AvgIpc) is 4.07. The number of likely N-dealkylation sites (tertiary alicyclic amines) is 2. The molecule has 0 saturated carbocycles. The predicted octanol–water partition coefficient (Wildman–Crippen LogP) is 6.14. The Kier molecular flexibility index (Phi) is 12.4. The molecule has 2 saturated heterocycles.